The zero-order valence-corrected chi connectivity index (χ0v) is 13.2. The second-order valence-corrected chi connectivity index (χ2v) is 5.49. The summed E-state index contributed by atoms with van der Waals surface area (Å²) >= 11 is 0. The van der Waals surface area contributed by atoms with Crippen LogP contribution in [0.25, 0.3) is 0 Å². The Bertz CT molecular complexity index is 477. The number of ether oxygens (including phenoxy) is 1. The summed E-state index contributed by atoms with van der Waals surface area (Å²) in [5, 5.41) is 0. The molecule has 118 valence electrons. The number of para-hydroxylation sites is 1. The second kappa shape index (κ2) is 7.98. The third-order valence-electron chi connectivity index (χ3n) is 3.56. The van der Waals surface area contributed by atoms with Gasteiger partial charge in [0, 0.05) is 19.1 Å². The fourth-order valence-electron chi connectivity index (χ4n) is 1.83. The van der Waals surface area contributed by atoms with E-state index in [-0.39, 0.29) is 30.3 Å². The lowest BCUT2D eigenvalue weighted by atomic mass is 10.0. The molecule has 1 rings (SSSR count). The number of halogens is 1. The van der Waals surface area contributed by atoms with E-state index >= 15 is 0 Å². The normalized spacial score (nSPS) is 12.3. The van der Waals surface area contributed by atoms with Gasteiger partial charge in [-0.1, -0.05) is 19.1 Å². The molecular weight excluding hydrogens is 271 g/mol. The monoisotopic (exact) mass is 296 g/mol. The molecule has 1 unspecified atom stereocenters. The first-order valence-electron chi connectivity index (χ1n) is 7.28. The van der Waals surface area contributed by atoms with Gasteiger partial charge in [-0.25, -0.2) is 4.39 Å². The van der Waals surface area contributed by atoms with Gasteiger partial charge < -0.3 is 15.4 Å². The summed E-state index contributed by atoms with van der Waals surface area (Å²) in [7, 11) is 1.70. The van der Waals surface area contributed by atoms with Crippen LogP contribution in [0, 0.1) is 5.82 Å². The maximum Gasteiger partial charge on any atom is 0.260 e. The summed E-state index contributed by atoms with van der Waals surface area (Å²) < 4.78 is 19.3. The molecule has 0 aliphatic carbocycles. The topological polar surface area (TPSA) is 55.6 Å². The molecular formula is C16H25FN2O2. The number of carbonyl (C=O) groups excluding carboxylic acids is 1. The highest BCUT2D eigenvalue weighted by molar-refractivity contribution is 5.77. The third kappa shape index (κ3) is 5.01. The van der Waals surface area contributed by atoms with Crippen LogP contribution >= 0.6 is 0 Å². The highest BCUT2D eigenvalue weighted by Gasteiger charge is 2.16. The predicted molar refractivity (Wildman–Crippen MR) is 81.8 cm³/mol. The maximum atomic E-state index is 13.9. The van der Waals surface area contributed by atoms with Gasteiger partial charge in [0.2, 0.25) is 0 Å². The lowest BCUT2D eigenvalue weighted by Gasteiger charge is -2.22. The molecule has 0 radical (unpaired) electrons. The lowest BCUT2D eigenvalue weighted by Crippen LogP contribution is -2.36. The Kier molecular flexibility index (Phi) is 6.62. The Balaban J connectivity index is 2.80. The van der Waals surface area contributed by atoms with Gasteiger partial charge in [0.15, 0.2) is 18.2 Å². The second-order valence-electron chi connectivity index (χ2n) is 5.49. The molecule has 0 heterocycles. The van der Waals surface area contributed by atoms with E-state index in [9.17, 15) is 9.18 Å². The summed E-state index contributed by atoms with van der Waals surface area (Å²) in [6.45, 7) is 5.62. The number of likely N-dealkylation sites (N-methyl/N-ethyl adjacent to an activating group) is 1. The molecule has 0 bridgehead atoms. The quantitative estimate of drug-likeness (QED) is 0.840. The fourth-order valence-corrected chi connectivity index (χ4v) is 1.83. The van der Waals surface area contributed by atoms with Crippen molar-refractivity contribution in [1.29, 1.82) is 0 Å². The summed E-state index contributed by atoms with van der Waals surface area (Å²) in [5.41, 5.74) is 6.61. The van der Waals surface area contributed by atoms with Crippen molar-refractivity contribution in [3.05, 3.63) is 29.6 Å². The standard InChI is InChI=1S/C16H25FN2O2/c1-5-13(18)9-12-7-6-8-14(17)16(12)21-10-15(20)19(4)11(2)3/h6-8,11,13H,5,9-10,18H2,1-4H3. The van der Waals surface area contributed by atoms with Gasteiger partial charge >= 0.3 is 0 Å². The van der Waals surface area contributed by atoms with E-state index in [0.29, 0.717) is 12.0 Å². The van der Waals surface area contributed by atoms with Crippen LogP contribution in [0.3, 0.4) is 0 Å². The van der Waals surface area contributed by atoms with Crippen molar-refractivity contribution in [2.45, 2.75) is 45.7 Å². The zero-order chi connectivity index (χ0) is 16.0. The molecule has 5 heteroatoms. The van der Waals surface area contributed by atoms with Gasteiger partial charge in [-0.05, 0) is 38.3 Å². The van der Waals surface area contributed by atoms with Gasteiger partial charge in [0.05, 0.1) is 0 Å². The number of nitrogens with two attached hydrogens (primary N) is 1. The predicted octanol–water partition coefficient (Wildman–Crippen LogP) is 2.35. The van der Waals surface area contributed by atoms with Gasteiger partial charge in [-0.3, -0.25) is 4.79 Å². The fraction of sp³-hybridized carbons (Fsp3) is 0.562. The van der Waals surface area contributed by atoms with Gasteiger partial charge in [0.1, 0.15) is 0 Å². The molecule has 4 nitrogen and oxygen atoms in total. The Morgan fingerprint density at radius 2 is 2.10 bits per heavy atom. The van der Waals surface area contributed by atoms with Crippen LogP contribution < -0.4 is 10.5 Å². The van der Waals surface area contributed by atoms with Crippen LogP contribution in [0.5, 0.6) is 5.75 Å². The number of carbonyl (C=O) groups is 1. The van der Waals surface area contributed by atoms with E-state index in [0.717, 1.165) is 6.42 Å². The molecule has 2 N–H and O–H groups in total. The molecule has 0 aliphatic rings. The number of amides is 1. The van der Waals surface area contributed by atoms with Crippen molar-refractivity contribution < 1.29 is 13.9 Å². The summed E-state index contributed by atoms with van der Waals surface area (Å²) in [6.07, 6.45) is 1.32. The number of hydrogen-bond donors (Lipinski definition) is 1. The lowest BCUT2D eigenvalue weighted by molar-refractivity contribution is -0.133. The van der Waals surface area contributed by atoms with E-state index in [1.807, 2.05) is 20.8 Å². The molecule has 0 aromatic heterocycles. The first-order chi connectivity index (χ1) is 9.86. The molecule has 1 amide bonds. The molecule has 0 fully saturated rings. The minimum absolute atomic E-state index is 0.0526. The molecule has 0 saturated carbocycles. The zero-order valence-electron chi connectivity index (χ0n) is 13.2. The third-order valence-corrected chi connectivity index (χ3v) is 3.56. The Hall–Kier alpha value is -1.62. The first-order valence-corrected chi connectivity index (χ1v) is 7.28. The Labute approximate surface area is 126 Å². The molecule has 1 aromatic carbocycles. The van der Waals surface area contributed by atoms with Crippen molar-refractivity contribution in [3.8, 4) is 5.75 Å². The minimum Gasteiger partial charge on any atom is -0.480 e. The SMILES string of the molecule is CCC(N)Cc1cccc(F)c1OCC(=O)N(C)C(C)C. The van der Waals surface area contributed by atoms with Crippen molar-refractivity contribution in [2.24, 2.45) is 5.73 Å². The summed E-state index contributed by atoms with van der Waals surface area (Å²) in [4.78, 5) is 13.5. The van der Waals surface area contributed by atoms with Gasteiger partial charge in [-0.2, -0.15) is 0 Å². The molecule has 0 spiro atoms. The average Bonchev–Trinajstić information content (AvgIpc) is 2.45. The summed E-state index contributed by atoms with van der Waals surface area (Å²) in [6, 6.07) is 4.76. The van der Waals surface area contributed by atoms with Crippen LogP contribution in [-0.2, 0) is 11.2 Å². The van der Waals surface area contributed by atoms with Crippen molar-refractivity contribution >= 4 is 5.91 Å². The first kappa shape index (κ1) is 17.4. The van der Waals surface area contributed by atoms with Crippen LogP contribution in [-0.4, -0.2) is 36.5 Å². The van der Waals surface area contributed by atoms with Gasteiger partial charge in [0.25, 0.3) is 5.91 Å². The van der Waals surface area contributed by atoms with Crippen LogP contribution in [0.1, 0.15) is 32.8 Å². The number of hydrogen-bond acceptors (Lipinski definition) is 3. The molecule has 21 heavy (non-hydrogen) atoms. The van der Waals surface area contributed by atoms with E-state index in [4.69, 9.17) is 10.5 Å². The van der Waals surface area contributed by atoms with E-state index in [1.165, 1.54) is 6.07 Å². The molecule has 1 aromatic rings. The molecule has 1 atom stereocenters. The Morgan fingerprint density at radius 1 is 1.43 bits per heavy atom. The number of nitrogens with zero attached hydrogens (tertiary/aromatic N) is 1. The molecule has 0 aliphatic heterocycles. The van der Waals surface area contributed by atoms with E-state index < -0.39 is 5.82 Å². The van der Waals surface area contributed by atoms with Crippen LogP contribution in [0.4, 0.5) is 4.39 Å². The van der Waals surface area contributed by atoms with Crippen molar-refractivity contribution in [1.82, 2.24) is 4.90 Å². The summed E-state index contributed by atoms with van der Waals surface area (Å²) in [5.74, 6) is -0.512. The van der Waals surface area contributed by atoms with Crippen molar-refractivity contribution in [3.63, 3.8) is 0 Å². The number of benzene rings is 1. The number of rotatable bonds is 7. The van der Waals surface area contributed by atoms with Crippen molar-refractivity contribution in [2.75, 3.05) is 13.7 Å². The average molecular weight is 296 g/mol. The van der Waals surface area contributed by atoms with Gasteiger partial charge in [-0.15, -0.1) is 0 Å². The smallest absolute Gasteiger partial charge is 0.260 e. The van der Waals surface area contributed by atoms with Crippen LogP contribution in [0.2, 0.25) is 0 Å². The largest absolute Gasteiger partial charge is 0.480 e. The highest BCUT2D eigenvalue weighted by atomic mass is 19.1. The Morgan fingerprint density at radius 3 is 2.67 bits per heavy atom. The minimum atomic E-state index is -0.462. The van der Waals surface area contributed by atoms with E-state index in [1.54, 1.807) is 24.1 Å². The van der Waals surface area contributed by atoms with Crippen LogP contribution in [0.15, 0.2) is 18.2 Å². The highest BCUT2D eigenvalue weighted by Crippen LogP contribution is 2.24. The van der Waals surface area contributed by atoms with E-state index in [2.05, 4.69) is 0 Å². The molecule has 0 saturated heterocycles. The maximum absolute atomic E-state index is 13.9.